The molecule has 0 radical (unpaired) electrons. The van der Waals surface area contributed by atoms with E-state index in [4.69, 9.17) is 4.74 Å². The first-order valence-electron chi connectivity index (χ1n) is 8.78. The quantitative estimate of drug-likeness (QED) is 0.762. The average Bonchev–Trinajstić information content (AvgIpc) is 2.60. The maximum absolute atomic E-state index is 12.7. The lowest BCUT2D eigenvalue weighted by atomic mass is 10.0. The molecule has 7 nitrogen and oxygen atoms in total. The number of rotatable bonds is 7. The van der Waals surface area contributed by atoms with Crippen LogP contribution in [0.4, 0.5) is 5.69 Å². The van der Waals surface area contributed by atoms with Gasteiger partial charge in [-0.3, -0.25) is 14.0 Å². The molecule has 1 saturated heterocycles. The fraction of sp³-hybridized carbons (Fsp3) is 0.611. The van der Waals surface area contributed by atoms with E-state index in [2.05, 4.69) is 24.1 Å². The standard InChI is InChI=1S/C18H29N3O4S/c1-15(21(26(4,23)24)16-8-6-5-7-9-16)17(22)19-14-18(2,3)20-10-12-25-13-11-20/h5-9,15H,10-14H2,1-4H3,(H,19,22)/t15-/m1/s1. The number of para-hydroxylation sites is 1. The number of sulfonamides is 1. The number of hydrogen-bond donors (Lipinski definition) is 1. The minimum atomic E-state index is -3.59. The molecule has 146 valence electrons. The van der Waals surface area contributed by atoms with Gasteiger partial charge in [-0.2, -0.15) is 0 Å². The first-order valence-corrected chi connectivity index (χ1v) is 10.6. The molecule has 0 unspecified atom stereocenters. The number of morpholine rings is 1. The Morgan fingerprint density at radius 3 is 2.38 bits per heavy atom. The molecule has 1 atom stereocenters. The third-order valence-electron chi connectivity index (χ3n) is 4.66. The van der Waals surface area contributed by atoms with Crippen LogP contribution in [-0.4, -0.2) is 69.9 Å². The van der Waals surface area contributed by atoms with E-state index in [0.717, 1.165) is 23.7 Å². The molecule has 1 aromatic rings. The molecule has 0 aliphatic carbocycles. The summed E-state index contributed by atoms with van der Waals surface area (Å²) in [5.74, 6) is -0.319. The molecule has 0 aromatic heterocycles. The van der Waals surface area contributed by atoms with Crippen LogP contribution >= 0.6 is 0 Å². The number of anilines is 1. The third-order valence-corrected chi connectivity index (χ3v) is 5.90. The molecule has 1 aromatic carbocycles. The van der Waals surface area contributed by atoms with Gasteiger partial charge in [0.1, 0.15) is 6.04 Å². The molecule has 0 bridgehead atoms. The zero-order valence-corrected chi connectivity index (χ0v) is 16.8. The van der Waals surface area contributed by atoms with Gasteiger partial charge in [0.2, 0.25) is 15.9 Å². The minimum absolute atomic E-state index is 0.234. The Bertz CT molecular complexity index is 700. The van der Waals surface area contributed by atoms with Gasteiger partial charge in [0.15, 0.2) is 0 Å². The van der Waals surface area contributed by atoms with Crippen molar-refractivity contribution in [1.82, 2.24) is 10.2 Å². The van der Waals surface area contributed by atoms with Crippen LogP contribution in [0.3, 0.4) is 0 Å². The summed E-state index contributed by atoms with van der Waals surface area (Å²) in [6.07, 6.45) is 1.11. The fourth-order valence-electron chi connectivity index (χ4n) is 3.12. The van der Waals surface area contributed by atoms with Gasteiger partial charge in [0.25, 0.3) is 0 Å². The van der Waals surface area contributed by atoms with Crippen LogP contribution in [0.25, 0.3) is 0 Å². The molecule has 1 fully saturated rings. The van der Waals surface area contributed by atoms with Crippen LogP contribution in [0.1, 0.15) is 20.8 Å². The molecule has 1 aliphatic rings. The minimum Gasteiger partial charge on any atom is -0.379 e. The van der Waals surface area contributed by atoms with Crippen molar-refractivity contribution in [2.45, 2.75) is 32.4 Å². The maximum atomic E-state index is 12.7. The van der Waals surface area contributed by atoms with Crippen molar-refractivity contribution in [3.63, 3.8) is 0 Å². The van der Waals surface area contributed by atoms with Crippen molar-refractivity contribution in [2.75, 3.05) is 43.4 Å². The molecular weight excluding hydrogens is 354 g/mol. The van der Waals surface area contributed by atoms with Gasteiger partial charge in [-0.1, -0.05) is 18.2 Å². The zero-order chi connectivity index (χ0) is 19.4. The second kappa shape index (κ2) is 8.37. The first-order chi connectivity index (χ1) is 12.1. The van der Waals surface area contributed by atoms with Crippen molar-refractivity contribution in [2.24, 2.45) is 0 Å². The second-order valence-electron chi connectivity index (χ2n) is 7.20. The largest absolute Gasteiger partial charge is 0.379 e. The Morgan fingerprint density at radius 1 is 1.27 bits per heavy atom. The maximum Gasteiger partial charge on any atom is 0.243 e. The van der Waals surface area contributed by atoms with Crippen molar-refractivity contribution < 1.29 is 17.9 Å². The molecule has 0 spiro atoms. The highest BCUT2D eigenvalue weighted by Gasteiger charge is 2.32. The Hall–Kier alpha value is -1.64. The Balaban J connectivity index is 2.07. The van der Waals surface area contributed by atoms with Crippen LogP contribution < -0.4 is 9.62 Å². The van der Waals surface area contributed by atoms with E-state index in [1.165, 1.54) is 0 Å². The van der Waals surface area contributed by atoms with E-state index in [1.807, 2.05) is 0 Å². The second-order valence-corrected chi connectivity index (χ2v) is 9.06. The summed E-state index contributed by atoms with van der Waals surface area (Å²) in [7, 11) is -3.59. The number of amides is 1. The molecular formula is C18H29N3O4S. The predicted molar refractivity (Wildman–Crippen MR) is 103 cm³/mol. The smallest absolute Gasteiger partial charge is 0.243 e. The lowest BCUT2D eigenvalue weighted by molar-refractivity contribution is -0.122. The van der Waals surface area contributed by atoms with E-state index in [9.17, 15) is 13.2 Å². The monoisotopic (exact) mass is 383 g/mol. The van der Waals surface area contributed by atoms with Crippen LogP contribution in [0, 0.1) is 0 Å². The SMILES string of the molecule is C[C@H](C(=O)NCC(C)(C)N1CCOCC1)N(c1ccccc1)S(C)(=O)=O. The predicted octanol–water partition coefficient (Wildman–Crippen LogP) is 1.07. The summed E-state index contributed by atoms with van der Waals surface area (Å²) in [4.78, 5) is 14.9. The molecule has 1 heterocycles. The third kappa shape index (κ3) is 5.18. The number of carbonyl (C=O) groups is 1. The van der Waals surface area contributed by atoms with Crippen molar-refractivity contribution in [3.8, 4) is 0 Å². The summed E-state index contributed by atoms with van der Waals surface area (Å²) in [6.45, 7) is 9.17. The van der Waals surface area contributed by atoms with Gasteiger partial charge in [-0.15, -0.1) is 0 Å². The number of carbonyl (C=O) groups excluding carboxylic acids is 1. The van der Waals surface area contributed by atoms with Gasteiger partial charge in [0, 0.05) is 25.2 Å². The van der Waals surface area contributed by atoms with E-state index in [1.54, 1.807) is 37.3 Å². The molecule has 2 rings (SSSR count). The molecule has 1 aliphatic heterocycles. The number of nitrogens with zero attached hydrogens (tertiary/aromatic N) is 2. The normalized spacial score (nSPS) is 17.5. The molecule has 26 heavy (non-hydrogen) atoms. The van der Waals surface area contributed by atoms with Crippen LogP contribution in [0.5, 0.6) is 0 Å². The molecule has 8 heteroatoms. The Kier molecular flexibility index (Phi) is 6.65. The number of ether oxygens (including phenoxy) is 1. The summed E-state index contributed by atoms with van der Waals surface area (Å²) in [5.41, 5.74) is 0.243. The van der Waals surface area contributed by atoms with Gasteiger partial charge in [-0.25, -0.2) is 8.42 Å². The highest BCUT2D eigenvalue weighted by atomic mass is 32.2. The van der Waals surface area contributed by atoms with E-state index < -0.39 is 16.1 Å². The zero-order valence-electron chi connectivity index (χ0n) is 15.9. The van der Waals surface area contributed by atoms with Gasteiger partial charge < -0.3 is 10.1 Å². The van der Waals surface area contributed by atoms with E-state index in [0.29, 0.717) is 25.4 Å². The van der Waals surface area contributed by atoms with Crippen LogP contribution in [-0.2, 0) is 19.6 Å². The first kappa shape index (κ1) is 20.7. The Morgan fingerprint density at radius 2 is 1.85 bits per heavy atom. The van der Waals surface area contributed by atoms with Crippen LogP contribution in [0.15, 0.2) is 30.3 Å². The highest BCUT2D eigenvalue weighted by molar-refractivity contribution is 7.92. The van der Waals surface area contributed by atoms with Crippen molar-refractivity contribution in [1.29, 1.82) is 0 Å². The summed E-state index contributed by atoms with van der Waals surface area (Å²) in [5, 5.41) is 2.91. The number of hydrogen-bond acceptors (Lipinski definition) is 5. The lowest BCUT2D eigenvalue weighted by Gasteiger charge is -2.41. The van der Waals surface area contributed by atoms with Gasteiger partial charge >= 0.3 is 0 Å². The van der Waals surface area contributed by atoms with Crippen molar-refractivity contribution in [3.05, 3.63) is 30.3 Å². The molecule has 1 amide bonds. The fourth-order valence-corrected chi connectivity index (χ4v) is 4.29. The van der Waals surface area contributed by atoms with E-state index >= 15 is 0 Å². The highest BCUT2D eigenvalue weighted by Crippen LogP contribution is 2.20. The van der Waals surface area contributed by atoms with Gasteiger partial charge in [0.05, 0.1) is 25.2 Å². The van der Waals surface area contributed by atoms with Gasteiger partial charge in [-0.05, 0) is 32.9 Å². The summed E-state index contributed by atoms with van der Waals surface area (Å²) in [6, 6.07) is 7.83. The number of nitrogens with one attached hydrogen (secondary N) is 1. The summed E-state index contributed by atoms with van der Waals surface area (Å²) >= 11 is 0. The summed E-state index contributed by atoms with van der Waals surface area (Å²) < 4.78 is 31.0. The number of benzene rings is 1. The topological polar surface area (TPSA) is 79.0 Å². The van der Waals surface area contributed by atoms with E-state index in [-0.39, 0.29) is 11.4 Å². The Labute approximate surface area is 156 Å². The molecule has 0 saturated carbocycles. The average molecular weight is 384 g/mol. The lowest BCUT2D eigenvalue weighted by Crippen LogP contribution is -2.57. The van der Waals surface area contributed by atoms with Crippen LogP contribution in [0.2, 0.25) is 0 Å². The van der Waals surface area contributed by atoms with Crippen molar-refractivity contribution >= 4 is 21.6 Å². The molecule has 1 N–H and O–H groups in total.